The molecule has 456 valence electrons. The minimum absolute atomic E-state index is 0. The molecule has 84 heavy (non-hydrogen) atoms. The third-order valence-electron chi connectivity index (χ3n) is 9.05. The monoisotopic (exact) mass is 1760 g/mol. The third kappa shape index (κ3) is 39.2. The SMILES string of the molecule is CC#N.CC#N.CC#N.CC#N.Cc1cc(-c2ccc(I)cc2)cc(-c2cc(-c3ccc(I)cc3)cc(C)n2)n1.Cc1cc(-c2ccc(I)cc2)cc(-c2cc(-c3ccc(I)cc3)cc(C)n2)n1.F[P-](F)(F)(F)(F)F.F[P-](F)(F)(F)(F)F.[Cu+].[Cu+]. The summed E-state index contributed by atoms with van der Waals surface area (Å²) in [6.45, 7) is 13.9. The number of nitrogens with zero attached hydrogens (tertiary/aromatic N) is 8. The summed E-state index contributed by atoms with van der Waals surface area (Å²) in [5.41, 5.74) is 17.0. The van der Waals surface area contributed by atoms with Crippen molar-refractivity contribution in [2.75, 3.05) is 0 Å². The van der Waals surface area contributed by atoms with Gasteiger partial charge in [0.15, 0.2) is 0 Å². The number of rotatable bonds is 6. The molecule has 28 heteroatoms. The molecule has 4 aromatic heterocycles. The fourth-order valence-corrected chi connectivity index (χ4v) is 7.87. The first kappa shape index (κ1) is 81.5. The molecule has 0 radical (unpaired) electrons. The Bertz CT molecular complexity index is 3120. The largest absolute Gasteiger partial charge is 1.00 e. The van der Waals surface area contributed by atoms with Crippen LogP contribution in [0.5, 0.6) is 0 Å². The van der Waals surface area contributed by atoms with Gasteiger partial charge in [0, 0.05) is 64.8 Å². The number of pyridine rings is 4. The maximum absolute atomic E-state index is 10.7. The van der Waals surface area contributed by atoms with Gasteiger partial charge in [0.25, 0.3) is 0 Å². The van der Waals surface area contributed by atoms with E-state index in [-0.39, 0.29) is 34.1 Å². The first-order valence-electron chi connectivity index (χ1n) is 22.9. The summed E-state index contributed by atoms with van der Waals surface area (Å²) < 4.78 is 123. The minimum Gasteiger partial charge on any atom is 1.00 e. The smallest absolute Gasteiger partial charge is 1.00 e. The van der Waals surface area contributed by atoms with Crippen LogP contribution in [0.15, 0.2) is 146 Å². The Morgan fingerprint density at radius 3 is 0.524 bits per heavy atom. The van der Waals surface area contributed by atoms with Gasteiger partial charge < -0.3 is 0 Å². The van der Waals surface area contributed by atoms with Crippen LogP contribution in [0, 0.1) is 87.3 Å². The molecule has 0 saturated carbocycles. The van der Waals surface area contributed by atoms with Gasteiger partial charge in [-0.3, -0.25) is 19.9 Å². The maximum atomic E-state index is 9.87. The van der Waals surface area contributed by atoms with Gasteiger partial charge in [-0.05, 0) is 260 Å². The molecule has 0 atom stereocenters. The molecule has 0 saturated heterocycles. The number of nitriles is 4. The fourth-order valence-electron chi connectivity index (χ4n) is 6.44. The average molecular weight is 1760 g/mol. The molecular weight excluding hydrogens is 1710 g/mol. The Morgan fingerprint density at radius 1 is 0.286 bits per heavy atom. The van der Waals surface area contributed by atoms with Crippen LogP contribution in [0.2, 0.25) is 0 Å². The molecule has 0 fully saturated rings. The zero-order valence-electron chi connectivity index (χ0n) is 45.0. The molecule has 0 amide bonds. The van der Waals surface area contributed by atoms with Crippen molar-refractivity contribution >= 4 is 106 Å². The quantitative estimate of drug-likeness (QED) is 0.0692. The Labute approximate surface area is 555 Å². The summed E-state index contributed by atoms with van der Waals surface area (Å²) in [4.78, 5) is 19.1. The van der Waals surface area contributed by atoms with Crippen molar-refractivity contribution in [3.63, 3.8) is 0 Å². The predicted molar refractivity (Wildman–Crippen MR) is 339 cm³/mol. The van der Waals surface area contributed by atoms with E-state index in [2.05, 4.69) is 236 Å². The Morgan fingerprint density at radius 2 is 0.405 bits per heavy atom. The van der Waals surface area contributed by atoms with Crippen LogP contribution in [0.1, 0.15) is 50.5 Å². The molecule has 4 heterocycles. The van der Waals surface area contributed by atoms with E-state index in [1.54, 1.807) is 24.3 Å². The number of benzene rings is 4. The van der Waals surface area contributed by atoms with Crippen molar-refractivity contribution in [3.05, 3.63) is 183 Å². The summed E-state index contributed by atoms with van der Waals surface area (Å²) in [6.07, 6.45) is 0. The molecule has 0 spiro atoms. The van der Waals surface area contributed by atoms with Crippen molar-refractivity contribution in [2.45, 2.75) is 55.4 Å². The summed E-state index contributed by atoms with van der Waals surface area (Å²) in [5, 5.41) is 29.3. The average Bonchev–Trinajstić information content (AvgIpc) is 3.33. The van der Waals surface area contributed by atoms with E-state index >= 15 is 0 Å². The molecule has 0 bridgehead atoms. The normalized spacial score (nSPS) is 11.5. The van der Waals surface area contributed by atoms with Crippen molar-refractivity contribution in [1.29, 1.82) is 21.0 Å². The first-order chi connectivity index (χ1) is 37.5. The first-order valence-corrected chi connectivity index (χ1v) is 31.2. The van der Waals surface area contributed by atoms with E-state index in [0.29, 0.717) is 0 Å². The van der Waals surface area contributed by atoms with Crippen LogP contribution < -0.4 is 0 Å². The third-order valence-corrected chi connectivity index (χ3v) is 11.9. The molecule has 0 unspecified atom stereocenters. The van der Waals surface area contributed by atoms with Gasteiger partial charge in [0.2, 0.25) is 0 Å². The van der Waals surface area contributed by atoms with Crippen molar-refractivity contribution < 1.29 is 84.5 Å². The van der Waals surface area contributed by atoms with E-state index < -0.39 is 15.6 Å². The van der Waals surface area contributed by atoms with Crippen molar-refractivity contribution in [2.24, 2.45) is 0 Å². The maximum Gasteiger partial charge on any atom is 1.00 e. The minimum atomic E-state index is -10.7. The Hall–Kier alpha value is -4.58. The molecule has 8 aromatic rings. The van der Waals surface area contributed by atoms with E-state index in [4.69, 9.17) is 41.0 Å². The second-order valence-corrected chi connectivity index (χ2v) is 25.2. The van der Waals surface area contributed by atoms with E-state index in [1.165, 1.54) is 64.2 Å². The van der Waals surface area contributed by atoms with Crippen LogP contribution >= 0.6 is 106 Å². The fraction of sp³-hybridized carbons (Fsp3) is 0.143. The number of aromatic nitrogens is 4. The summed E-state index contributed by atoms with van der Waals surface area (Å²) in [5.74, 6) is 0. The zero-order valence-corrected chi connectivity index (χ0v) is 57.3. The van der Waals surface area contributed by atoms with Crippen LogP contribution in [0.25, 0.3) is 67.3 Å². The van der Waals surface area contributed by atoms with Gasteiger partial charge in [-0.2, -0.15) is 21.0 Å². The molecule has 0 aliphatic rings. The topological polar surface area (TPSA) is 147 Å². The molecule has 8 nitrogen and oxygen atoms in total. The van der Waals surface area contributed by atoms with Crippen LogP contribution in [-0.4, -0.2) is 19.9 Å². The second-order valence-electron chi connectivity index (χ2n) is 16.4. The van der Waals surface area contributed by atoms with Crippen molar-refractivity contribution in [3.8, 4) is 91.6 Å². The number of hydrogen-bond donors (Lipinski definition) is 0. The molecule has 4 aromatic carbocycles. The van der Waals surface area contributed by atoms with Gasteiger partial charge in [0.1, 0.15) is 0 Å². The van der Waals surface area contributed by atoms with E-state index in [9.17, 15) is 50.4 Å². The molecule has 0 N–H and O–H groups in total. The van der Waals surface area contributed by atoms with E-state index in [1.807, 2.05) is 27.7 Å². The molecular formula is C56H48Cu2F12I4N8P2. The predicted octanol–water partition coefficient (Wildman–Crippen LogP) is 23.5. The van der Waals surface area contributed by atoms with Crippen LogP contribution in [-0.2, 0) is 34.1 Å². The summed E-state index contributed by atoms with van der Waals surface area (Å²) >= 11 is 9.32. The molecule has 0 aliphatic heterocycles. The number of halogens is 16. The van der Waals surface area contributed by atoms with Crippen molar-refractivity contribution in [1.82, 2.24) is 19.9 Å². The standard InChI is InChI=1S/2C24H18I2N2.4C2H3N.2Cu.2F6P/c2*1-15-11-19(17-3-7-21(25)8-4-17)13-23(27-15)24-14-20(12-16(2)28-24)18-5-9-22(26)10-6-18;4*1-2-3;;;2*1-7(2,3,4,5)6/h2*3-14H,1-2H3;4*1H3;;;;/q;;;;;;2*+1;2*-1. The number of aryl methyl sites for hydroxylation is 4. The Kier molecular flexibility index (Phi) is 33.1. The molecule has 8 rings (SSSR count). The number of hydrogen-bond acceptors (Lipinski definition) is 8. The Balaban J connectivity index is 0. The van der Waals surface area contributed by atoms with E-state index in [0.717, 1.165) is 67.8 Å². The van der Waals surface area contributed by atoms with Gasteiger partial charge in [0.05, 0.1) is 47.1 Å². The van der Waals surface area contributed by atoms with Gasteiger partial charge in [-0.1, -0.05) is 48.5 Å². The van der Waals surface area contributed by atoms with Gasteiger partial charge in [-0.15, -0.1) is 0 Å². The molecule has 0 aliphatic carbocycles. The second kappa shape index (κ2) is 34.1. The van der Waals surface area contributed by atoms with Gasteiger partial charge >= 0.3 is 100 Å². The van der Waals surface area contributed by atoms with Crippen LogP contribution in [0.3, 0.4) is 0 Å². The van der Waals surface area contributed by atoms with Gasteiger partial charge in [-0.25, -0.2) is 0 Å². The van der Waals surface area contributed by atoms with Crippen LogP contribution in [0.4, 0.5) is 50.4 Å². The summed E-state index contributed by atoms with van der Waals surface area (Å²) in [7, 11) is -21.3. The summed E-state index contributed by atoms with van der Waals surface area (Å²) in [6, 6.07) is 58.3. The zero-order chi connectivity index (χ0) is 63.0.